The van der Waals surface area contributed by atoms with Crippen molar-refractivity contribution >= 4 is 11.4 Å². The smallest absolute Gasteiger partial charge is 0.293 e. The van der Waals surface area contributed by atoms with Gasteiger partial charge in [0.2, 0.25) is 0 Å². The first-order chi connectivity index (χ1) is 8.13. The van der Waals surface area contributed by atoms with E-state index < -0.39 is 4.92 Å². The zero-order chi connectivity index (χ0) is 12.8. The van der Waals surface area contributed by atoms with E-state index in [1.165, 1.54) is 6.07 Å². The second-order valence-electron chi connectivity index (χ2n) is 3.05. The molecule has 1 aromatic carbocycles. The number of nitriles is 2. The molecule has 0 aromatic heterocycles. The maximum absolute atomic E-state index is 10.8. The molecule has 0 aliphatic heterocycles. The Balaban J connectivity index is 3.32. The van der Waals surface area contributed by atoms with E-state index in [9.17, 15) is 10.1 Å². The highest BCUT2D eigenvalue weighted by molar-refractivity contribution is 5.68. The van der Waals surface area contributed by atoms with Crippen LogP contribution in [0.4, 0.5) is 11.4 Å². The van der Waals surface area contributed by atoms with Gasteiger partial charge in [-0.3, -0.25) is 10.1 Å². The molecule has 7 heteroatoms. The number of aliphatic hydroxyl groups is 1. The largest absolute Gasteiger partial charge is 0.395 e. The van der Waals surface area contributed by atoms with E-state index in [-0.39, 0.29) is 35.7 Å². The minimum absolute atomic E-state index is 0.0475. The zero-order valence-corrected chi connectivity index (χ0v) is 8.67. The van der Waals surface area contributed by atoms with Crippen LogP contribution < -0.4 is 5.32 Å². The lowest BCUT2D eigenvalue weighted by molar-refractivity contribution is -0.384. The highest BCUT2D eigenvalue weighted by Crippen LogP contribution is 2.27. The van der Waals surface area contributed by atoms with E-state index in [4.69, 9.17) is 15.6 Å². The van der Waals surface area contributed by atoms with Crippen molar-refractivity contribution < 1.29 is 10.0 Å². The Morgan fingerprint density at radius 2 is 1.94 bits per heavy atom. The van der Waals surface area contributed by atoms with Crippen LogP contribution in [0.25, 0.3) is 0 Å². The van der Waals surface area contributed by atoms with Crippen molar-refractivity contribution in [2.45, 2.75) is 0 Å². The van der Waals surface area contributed by atoms with Crippen molar-refractivity contribution in [2.24, 2.45) is 0 Å². The van der Waals surface area contributed by atoms with Crippen LogP contribution in [0.2, 0.25) is 0 Å². The first kappa shape index (κ1) is 12.4. The molecule has 0 aliphatic rings. The number of rotatable bonds is 4. The predicted octanol–water partition coefficient (Wildman–Crippen LogP) is 0.742. The summed E-state index contributed by atoms with van der Waals surface area (Å²) in [6, 6.07) is 5.77. The molecule has 86 valence electrons. The first-order valence-electron chi connectivity index (χ1n) is 4.61. The molecule has 0 amide bonds. The fourth-order valence-electron chi connectivity index (χ4n) is 1.26. The third-order valence-corrected chi connectivity index (χ3v) is 2.00. The van der Waals surface area contributed by atoms with Crippen LogP contribution in [0, 0.1) is 32.8 Å². The highest BCUT2D eigenvalue weighted by atomic mass is 16.6. The van der Waals surface area contributed by atoms with Crippen LogP contribution in [0.5, 0.6) is 0 Å². The minimum atomic E-state index is -0.651. The molecule has 0 radical (unpaired) electrons. The number of hydrogen-bond donors (Lipinski definition) is 2. The van der Waals surface area contributed by atoms with Gasteiger partial charge in [0.1, 0.15) is 17.8 Å². The average Bonchev–Trinajstić information content (AvgIpc) is 2.34. The van der Waals surface area contributed by atoms with E-state index in [1.807, 2.05) is 0 Å². The number of nitro groups is 1. The fraction of sp³-hybridized carbons (Fsp3) is 0.200. The molecule has 0 bridgehead atoms. The molecule has 0 heterocycles. The number of anilines is 1. The number of nitro benzene ring substituents is 1. The van der Waals surface area contributed by atoms with Crippen molar-refractivity contribution in [3.05, 3.63) is 33.4 Å². The molecule has 0 unspecified atom stereocenters. The molecule has 7 nitrogen and oxygen atoms in total. The van der Waals surface area contributed by atoms with Crippen molar-refractivity contribution in [3.63, 3.8) is 0 Å². The zero-order valence-electron chi connectivity index (χ0n) is 8.67. The van der Waals surface area contributed by atoms with Gasteiger partial charge in [-0.25, -0.2) is 0 Å². The topological polar surface area (TPSA) is 123 Å². The molecule has 0 fully saturated rings. The van der Waals surface area contributed by atoms with E-state index in [0.29, 0.717) is 0 Å². The summed E-state index contributed by atoms with van der Waals surface area (Å²) in [5.41, 5.74) is -0.180. The monoisotopic (exact) mass is 232 g/mol. The second kappa shape index (κ2) is 5.45. The van der Waals surface area contributed by atoms with E-state index in [2.05, 4.69) is 5.32 Å². The van der Waals surface area contributed by atoms with Gasteiger partial charge in [-0.15, -0.1) is 0 Å². The van der Waals surface area contributed by atoms with Gasteiger partial charge in [0.05, 0.1) is 22.7 Å². The summed E-state index contributed by atoms with van der Waals surface area (Å²) < 4.78 is 0. The summed E-state index contributed by atoms with van der Waals surface area (Å²) in [6.45, 7) is -0.0728. The maximum Gasteiger partial charge on any atom is 0.293 e. The van der Waals surface area contributed by atoms with Crippen LogP contribution in [0.1, 0.15) is 11.1 Å². The third-order valence-electron chi connectivity index (χ3n) is 2.00. The SMILES string of the molecule is N#Cc1cc(NCCO)c([N+](=O)[O-])cc1C#N. The maximum atomic E-state index is 10.8. The van der Waals surface area contributed by atoms with Gasteiger partial charge >= 0.3 is 0 Å². The fourth-order valence-corrected chi connectivity index (χ4v) is 1.26. The standard InChI is InChI=1S/C10H8N4O3/c11-5-7-3-9(13-1-2-15)10(14(16)17)4-8(7)6-12/h3-4,13,15H,1-2H2. The quantitative estimate of drug-likeness (QED) is 0.583. The van der Waals surface area contributed by atoms with Crippen molar-refractivity contribution in [3.8, 4) is 12.1 Å². The normalized spacial score (nSPS) is 9.12. The average molecular weight is 232 g/mol. The van der Waals surface area contributed by atoms with Crippen LogP contribution in [-0.2, 0) is 0 Å². The summed E-state index contributed by atoms with van der Waals surface area (Å²) in [5.74, 6) is 0. The lowest BCUT2D eigenvalue weighted by atomic mass is 10.1. The lowest BCUT2D eigenvalue weighted by Gasteiger charge is -2.06. The number of benzene rings is 1. The Hall–Kier alpha value is -2.64. The summed E-state index contributed by atoms with van der Waals surface area (Å²) in [4.78, 5) is 10.1. The van der Waals surface area contributed by atoms with Crippen molar-refractivity contribution in [2.75, 3.05) is 18.5 Å². The molecule has 0 atom stereocenters. The van der Waals surface area contributed by atoms with Gasteiger partial charge in [-0.1, -0.05) is 0 Å². The Labute approximate surface area is 96.7 Å². The Bertz CT molecular complexity index is 528. The molecular formula is C10H8N4O3. The molecule has 0 saturated heterocycles. The van der Waals surface area contributed by atoms with Gasteiger partial charge < -0.3 is 10.4 Å². The summed E-state index contributed by atoms with van der Waals surface area (Å²) in [6.07, 6.45) is 0. The van der Waals surface area contributed by atoms with Gasteiger partial charge in [-0.2, -0.15) is 10.5 Å². The Kier molecular flexibility index (Phi) is 3.98. The van der Waals surface area contributed by atoms with Gasteiger partial charge in [-0.05, 0) is 6.07 Å². The number of nitrogens with one attached hydrogen (secondary N) is 1. The minimum Gasteiger partial charge on any atom is -0.395 e. The van der Waals surface area contributed by atoms with Crippen LogP contribution >= 0.6 is 0 Å². The molecule has 1 aromatic rings. The molecular weight excluding hydrogens is 224 g/mol. The van der Waals surface area contributed by atoms with Gasteiger partial charge in [0.15, 0.2) is 0 Å². The molecule has 0 saturated carbocycles. The van der Waals surface area contributed by atoms with Gasteiger partial charge in [0, 0.05) is 12.6 Å². The van der Waals surface area contributed by atoms with Crippen LogP contribution in [-0.4, -0.2) is 23.2 Å². The van der Waals surface area contributed by atoms with Crippen molar-refractivity contribution in [1.29, 1.82) is 10.5 Å². The van der Waals surface area contributed by atoms with E-state index >= 15 is 0 Å². The summed E-state index contributed by atoms with van der Waals surface area (Å²) in [7, 11) is 0. The van der Waals surface area contributed by atoms with Crippen LogP contribution in [0.3, 0.4) is 0 Å². The third kappa shape index (κ3) is 2.68. The number of nitrogens with zero attached hydrogens (tertiary/aromatic N) is 3. The van der Waals surface area contributed by atoms with E-state index in [1.54, 1.807) is 12.1 Å². The number of aliphatic hydroxyl groups excluding tert-OH is 1. The second-order valence-corrected chi connectivity index (χ2v) is 3.05. The number of hydrogen-bond acceptors (Lipinski definition) is 6. The molecule has 0 spiro atoms. The first-order valence-corrected chi connectivity index (χ1v) is 4.61. The lowest BCUT2D eigenvalue weighted by Crippen LogP contribution is -2.08. The molecule has 17 heavy (non-hydrogen) atoms. The van der Waals surface area contributed by atoms with Gasteiger partial charge in [0.25, 0.3) is 5.69 Å². The predicted molar refractivity (Wildman–Crippen MR) is 58.1 cm³/mol. The van der Waals surface area contributed by atoms with E-state index in [0.717, 1.165) is 6.07 Å². The molecule has 0 aliphatic carbocycles. The summed E-state index contributed by atoms with van der Waals surface area (Å²) >= 11 is 0. The molecule has 2 N–H and O–H groups in total. The van der Waals surface area contributed by atoms with Crippen LogP contribution in [0.15, 0.2) is 12.1 Å². The Morgan fingerprint density at radius 3 is 2.41 bits per heavy atom. The molecule has 1 rings (SSSR count). The highest BCUT2D eigenvalue weighted by Gasteiger charge is 2.17. The Morgan fingerprint density at radius 1 is 1.35 bits per heavy atom. The van der Waals surface area contributed by atoms with Crippen molar-refractivity contribution in [1.82, 2.24) is 0 Å². The summed E-state index contributed by atoms with van der Waals surface area (Å²) in [5, 5.41) is 39.5.